The lowest BCUT2D eigenvalue weighted by molar-refractivity contribution is 0.239. The molecule has 3 rings (SSSR count). The van der Waals surface area contributed by atoms with E-state index in [1.54, 1.807) is 6.20 Å². The van der Waals surface area contributed by atoms with E-state index in [4.69, 9.17) is 0 Å². The zero-order valence-corrected chi connectivity index (χ0v) is 14.6. The first-order chi connectivity index (χ1) is 11.6. The lowest BCUT2D eigenvalue weighted by Crippen LogP contribution is -2.44. The number of para-hydroxylation sites is 1. The standard InChI is InChI=1S/C17H24N4O2S/c22-24(23,20-8-3-11-21-12-9-18-10-13-21)14-16-5-1-4-15-6-2-7-19-17(15)16/h1-2,4-7,18,20H,3,8-14H2. The van der Waals surface area contributed by atoms with Gasteiger partial charge in [0.15, 0.2) is 0 Å². The van der Waals surface area contributed by atoms with Crippen molar-refractivity contribution >= 4 is 20.9 Å². The fourth-order valence-electron chi connectivity index (χ4n) is 3.00. The summed E-state index contributed by atoms with van der Waals surface area (Å²) in [5, 5.41) is 4.27. The minimum absolute atomic E-state index is 0.0328. The molecule has 0 amide bonds. The minimum Gasteiger partial charge on any atom is -0.314 e. The highest BCUT2D eigenvalue weighted by molar-refractivity contribution is 7.88. The molecule has 6 nitrogen and oxygen atoms in total. The van der Waals surface area contributed by atoms with Crippen molar-refractivity contribution < 1.29 is 8.42 Å². The van der Waals surface area contributed by atoms with Crippen LogP contribution in [-0.2, 0) is 15.8 Å². The zero-order valence-electron chi connectivity index (χ0n) is 13.7. The number of hydrogen-bond acceptors (Lipinski definition) is 5. The number of sulfonamides is 1. The van der Waals surface area contributed by atoms with Gasteiger partial charge in [0.2, 0.25) is 10.0 Å². The lowest BCUT2D eigenvalue weighted by Gasteiger charge is -2.27. The Hall–Kier alpha value is -1.54. The van der Waals surface area contributed by atoms with E-state index >= 15 is 0 Å². The lowest BCUT2D eigenvalue weighted by atomic mass is 10.1. The molecule has 0 unspecified atom stereocenters. The fraction of sp³-hybridized carbons (Fsp3) is 0.471. The van der Waals surface area contributed by atoms with E-state index in [2.05, 4.69) is 19.9 Å². The molecule has 0 atom stereocenters. The molecule has 0 radical (unpaired) electrons. The topological polar surface area (TPSA) is 74.3 Å². The molecule has 2 N–H and O–H groups in total. The van der Waals surface area contributed by atoms with Gasteiger partial charge in [0.05, 0.1) is 11.3 Å². The van der Waals surface area contributed by atoms with Gasteiger partial charge in [-0.3, -0.25) is 4.98 Å². The van der Waals surface area contributed by atoms with E-state index in [-0.39, 0.29) is 5.75 Å². The molecule has 1 aliphatic rings. The fourth-order valence-corrected chi connectivity index (χ4v) is 4.20. The third-order valence-electron chi connectivity index (χ3n) is 4.24. The number of benzene rings is 1. The van der Waals surface area contributed by atoms with Gasteiger partial charge < -0.3 is 10.2 Å². The third-order valence-corrected chi connectivity index (χ3v) is 5.58. The third kappa shape index (κ3) is 4.73. The number of aromatic nitrogens is 1. The summed E-state index contributed by atoms with van der Waals surface area (Å²) in [7, 11) is -3.35. The molecule has 0 aliphatic carbocycles. The van der Waals surface area contributed by atoms with Crippen molar-refractivity contribution in [3.8, 4) is 0 Å². The van der Waals surface area contributed by atoms with Gasteiger partial charge in [0, 0.05) is 44.3 Å². The van der Waals surface area contributed by atoms with Crippen molar-refractivity contribution in [2.24, 2.45) is 0 Å². The second kappa shape index (κ2) is 8.02. The number of hydrogen-bond donors (Lipinski definition) is 2. The Morgan fingerprint density at radius 1 is 1.17 bits per heavy atom. The maximum atomic E-state index is 12.3. The quantitative estimate of drug-likeness (QED) is 0.729. The Morgan fingerprint density at radius 3 is 2.79 bits per heavy atom. The van der Waals surface area contributed by atoms with Crippen LogP contribution < -0.4 is 10.0 Å². The van der Waals surface area contributed by atoms with Gasteiger partial charge >= 0.3 is 0 Å². The van der Waals surface area contributed by atoms with Gasteiger partial charge in [0.25, 0.3) is 0 Å². The van der Waals surface area contributed by atoms with Crippen molar-refractivity contribution in [2.45, 2.75) is 12.2 Å². The van der Waals surface area contributed by atoms with Crippen LogP contribution in [-0.4, -0.2) is 57.6 Å². The largest absolute Gasteiger partial charge is 0.314 e. The number of nitrogens with zero attached hydrogens (tertiary/aromatic N) is 2. The Labute approximate surface area is 143 Å². The van der Waals surface area contributed by atoms with Crippen LogP contribution in [0.5, 0.6) is 0 Å². The molecule has 2 aromatic rings. The molecule has 1 fully saturated rings. The van der Waals surface area contributed by atoms with Crippen molar-refractivity contribution in [2.75, 3.05) is 39.3 Å². The summed E-state index contributed by atoms with van der Waals surface area (Å²) < 4.78 is 27.4. The molecule has 1 aromatic heterocycles. The molecule has 24 heavy (non-hydrogen) atoms. The van der Waals surface area contributed by atoms with Crippen molar-refractivity contribution in [1.29, 1.82) is 0 Å². The SMILES string of the molecule is O=S(=O)(Cc1cccc2cccnc12)NCCCN1CCNCC1. The van der Waals surface area contributed by atoms with Crippen LogP contribution in [0.3, 0.4) is 0 Å². The van der Waals surface area contributed by atoms with Crippen LogP contribution in [0.1, 0.15) is 12.0 Å². The van der Waals surface area contributed by atoms with Gasteiger partial charge in [-0.25, -0.2) is 13.1 Å². The molecule has 0 bridgehead atoms. The Morgan fingerprint density at radius 2 is 1.96 bits per heavy atom. The molecule has 7 heteroatoms. The maximum absolute atomic E-state index is 12.3. The maximum Gasteiger partial charge on any atom is 0.215 e. The number of rotatable bonds is 7. The van der Waals surface area contributed by atoms with E-state index in [1.807, 2.05) is 30.3 Å². The summed E-state index contributed by atoms with van der Waals surface area (Å²) in [6, 6.07) is 9.45. The summed E-state index contributed by atoms with van der Waals surface area (Å²) in [5.74, 6) is -0.0328. The summed E-state index contributed by atoms with van der Waals surface area (Å²) in [5.41, 5.74) is 1.49. The summed E-state index contributed by atoms with van der Waals surface area (Å²) in [4.78, 5) is 6.68. The first kappa shape index (κ1) is 17.3. The van der Waals surface area contributed by atoms with Gasteiger partial charge in [-0.1, -0.05) is 24.3 Å². The van der Waals surface area contributed by atoms with E-state index in [1.165, 1.54) is 0 Å². The van der Waals surface area contributed by atoms with Crippen molar-refractivity contribution in [1.82, 2.24) is 19.9 Å². The predicted octanol–water partition coefficient (Wildman–Crippen LogP) is 0.950. The van der Waals surface area contributed by atoms with Crippen LogP contribution in [0.25, 0.3) is 10.9 Å². The number of pyridine rings is 1. The minimum atomic E-state index is -3.35. The average molecular weight is 348 g/mol. The van der Waals surface area contributed by atoms with Crippen LogP contribution in [0.15, 0.2) is 36.5 Å². The molecular weight excluding hydrogens is 324 g/mol. The van der Waals surface area contributed by atoms with E-state index in [9.17, 15) is 8.42 Å². The van der Waals surface area contributed by atoms with Crippen LogP contribution in [0, 0.1) is 0 Å². The molecule has 0 saturated carbocycles. The van der Waals surface area contributed by atoms with Crippen LogP contribution in [0.4, 0.5) is 0 Å². The monoisotopic (exact) mass is 348 g/mol. The smallest absolute Gasteiger partial charge is 0.215 e. The Kier molecular flexibility index (Phi) is 5.78. The molecule has 0 spiro atoms. The van der Waals surface area contributed by atoms with Crippen LogP contribution in [0.2, 0.25) is 0 Å². The first-order valence-electron chi connectivity index (χ1n) is 8.37. The molecule has 130 valence electrons. The highest BCUT2D eigenvalue weighted by Crippen LogP contribution is 2.17. The number of fused-ring (bicyclic) bond motifs is 1. The molecule has 1 aromatic carbocycles. The summed E-state index contributed by atoms with van der Waals surface area (Å²) >= 11 is 0. The molecular formula is C17H24N4O2S. The summed E-state index contributed by atoms with van der Waals surface area (Å²) in [6.45, 7) is 5.51. The normalized spacial score (nSPS) is 16.5. The number of piperazine rings is 1. The predicted molar refractivity (Wildman–Crippen MR) is 96.3 cm³/mol. The van der Waals surface area contributed by atoms with E-state index in [0.717, 1.165) is 55.6 Å². The average Bonchev–Trinajstić information content (AvgIpc) is 2.60. The molecule has 1 aliphatic heterocycles. The van der Waals surface area contributed by atoms with Crippen molar-refractivity contribution in [3.63, 3.8) is 0 Å². The Bertz CT molecular complexity index is 768. The van der Waals surface area contributed by atoms with Crippen LogP contribution >= 0.6 is 0 Å². The zero-order chi connectivity index (χ0) is 16.8. The Balaban J connectivity index is 1.53. The first-order valence-corrected chi connectivity index (χ1v) is 10.0. The molecule has 1 saturated heterocycles. The molecule has 2 heterocycles. The number of nitrogens with one attached hydrogen (secondary N) is 2. The van der Waals surface area contributed by atoms with Crippen molar-refractivity contribution in [3.05, 3.63) is 42.1 Å². The van der Waals surface area contributed by atoms with Gasteiger partial charge in [-0.15, -0.1) is 0 Å². The second-order valence-corrected chi connectivity index (χ2v) is 7.90. The van der Waals surface area contributed by atoms with E-state index < -0.39 is 10.0 Å². The van der Waals surface area contributed by atoms with Gasteiger partial charge in [0.1, 0.15) is 0 Å². The highest BCUT2D eigenvalue weighted by Gasteiger charge is 2.14. The summed E-state index contributed by atoms with van der Waals surface area (Å²) in [6.07, 6.45) is 2.52. The highest BCUT2D eigenvalue weighted by atomic mass is 32.2. The second-order valence-electron chi connectivity index (χ2n) is 6.09. The van der Waals surface area contributed by atoms with E-state index in [0.29, 0.717) is 6.54 Å². The van der Waals surface area contributed by atoms with Gasteiger partial charge in [-0.2, -0.15) is 0 Å². The van der Waals surface area contributed by atoms with Gasteiger partial charge in [-0.05, 0) is 24.6 Å².